The summed E-state index contributed by atoms with van der Waals surface area (Å²) in [4.78, 5) is 16.6. The largest absolute Gasteiger partial charge is 0.496 e. The maximum absolute atomic E-state index is 12.8. The van der Waals surface area contributed by atoms with Gasteiger partial charge in [0.1, 0.15) is 5.75 Å². The van der Waals surface area contributed by atoms with Gasteiger partial charge in [0.25, 0.3) is 0 Å². The lowest BCUT2D eigenvalue weighted by atomic mass is 9.86. The number of para-hydroxylation sites is 1. The van der Waals surface area contributed by atoms with E-state index in [-0.39, 0.29) is 5.41 Å². The van der Waals surface area contributed by atoms with Crippen LogP contribution in [0.2, 0.25) is 0 Å². The van der Waals surface area contributed by atoms with Gasteiger partial charge in [0.15, 0.2) is 0 Å². The number of alkyl halides is 3. The minimum absolute atomic E-state index is 0.0162. The second kappa shape index (κ2) is 7.37. The lowest BCUT2D eigenvalue weighted by Gasteiger charge is -2.25. The van der Waals surface area contributed by atoms with Gasteiger partial charge in [-0.3, -0.25) is 4.90 Å². The third-order valence-electron chi connectivity index (χ3n) is 5.92. The number of aromatic nitrogens is 2. The van der Waals surface area contributed by atoms with Crippen molar-refractivity contribution in [3.63, 3.8) is 0 Å². The Morgan fingerprint density at radius 3 is 2.69 bits per heavy atom. The molecule has 2 saturated heterocycles. The second-order valence-corrected chi connectivity index (χ2v) is 7.90. The Kier molecular flexibility index (Phi) is 5.02. The monoisotopic (exact) mass is 408 g/mol. The topological polar surface area (TPSA) is 50.6 Å². The zero-order valence-corrected chi connectivity index (χ0v) is 16.2. The molecule has 3 heterocycles. The van der Waals surface area contributed by atoms with Gasteiger partial charge in [0, 0.05) is 43.4 Å². The van der Waals surface area contributed by atoms with Crippen LogP contribution in [0.3, 0.4) is 0 Å². The van der Waals surface area contributed by atoms with Crippen molar-refractivity contribution in [2.24, 2.45) is 5.41 Å². The maximum Gasteiger partial charge on any atom is 0.419 e. The molecule has 2 aromatic rings. The van der Waals surface area contributed by atoms with Crippen LogP contribution in [-0.2, 0) is 12.7 Å². The Labute approximate surface area is 166 Å². The molecule has 1 spiro atoms. The molecule has 0 radical (unpaired) electrons. The predicted octanol–water partition coefficient (Wildman–Crippen LogP) is 3.48. The fraction of sp³-hybridized carbons (Fsp3) is 0.500. The van der Waals surface area contributed by atoms with Crippen LogP contribution >= 0.6 is 0 Å². The van der Waals surface area contributed by atoms with Crippen LogP contribution < -0.4 is 4.74 Å². The Morgan fingerprint density at radius 1 is 1.21 bits per heavy atom. The van der Waals surface area contributed by atoms with E-state index in [1.165, 1.54) is 0 Å². The van der Waals surface area contributed by atoms with Gasteiger partial charge in [-0.15, -0.1) is 0 Å². The van der Waals surface area contributed by atoms with E-state index in [1.807, 2.05) is 24.3 Å². The number of likely N-dealkylation sites (tertiary alicyclic amines) is 2. The standard InChI is InChI=1S/C20H23F3N4O2/c1-29-17-5-3-2-4-15(17)11-25-8-6-19(13-25)7-9-26(14-19)18(28)27-12-16(10-24-27)20(21,22)23/h2-5,10,12H,6-9,11,13-14H2,1H3. The third kappa shape index (κ3) is 3.96. The van der Waals surface area contributed by atoms with E-state index in [2.05, 4.69) is 10.00 Å². The lowest BCUT2D eigenvalue weighted by Crippen LogP contribution is -2.36. The summed E-state index contributed by atoms with van der Waals surface area (Å²) in [6.45, 7) is 3.60. The van der Waals surface area contributed by atoms with Crippen LogP contribution in [0.1, 0.15) is 24.0 Å². The van der Waals surface area contributed by atoms with Crippen molar-refractivity contribution in [3.05, 3.63) is 47.8 Å². The summed E-state index contributed by atoms with van der Waals surface area (Å²) in [6, 6.07) is 7.41. The summed E-state index contributed by atoms with van der Waals surface area (Å²) in [5.74, 6) is 0.857. The molecule has 4 rings (SSSR count). The summed E-state index contributed by atoms with van der Waals surface area (Å²) in [7, 11) is 1.66. The number of benzene rings is 1. The summed E-state index contributed by atoms with van der Waals surface area (Å²) in [6.07, 6.45) is -1.26. The SMILES string of the molecule is COc1ccccc1CN1CCC2(CCN(C(=O)n3cc(C(F)(F)F)cn3)C2)C1. The highest BCUT2D eigenvalue weighted by Gasteiger charge is 2.45. The molecule has 1 aromatic heterocycles. The molecule has 0 saturated carbocycles. The molecule has 1 unspecified atom stereocenters. The zero-order valence-electron chi connectivity index (χ0n) is 16.2. The smallest absolute Gasteiger partial charge is 0.419 e. The number of rotatable bonds is 3. The first-order chi connectivity index (χ1) is 13.8. The molecule has 1 amide bonds. The first-order valence-electron chi connectivity index (χ1n) is 9.55. The van der Waals surface area contributed by atoms with Gasteiger partial charge in [0.2, 0.25) is 0 Å². The van der Waals surface area contributed by atoms with E-state index in [0.29, 0.717) is 19.3 Å². The van der Waals surface area contributed by atoms with Crippen LogP contribution in [0.4, 0.5) is 18.0 Å². The van der Waals surface area contributed by atoms with Crippen LogP contribution in [0.15, 0.2) is 36.7 Å². The number of hydrogen-bond acceptors (Lipinski definition) is 4. The van der Waals surface area contributed by atoms with E-state index >= 15 is 0 Å². The molecule has 0 bridgehead atoms. The fourth-order valence-electron chi connectivity index (χ4n) is 4.39. The normalized spacial score (nSPS) is 22.6. The summed E-state index contributed by atoms with van der Waals surface area (Å²) in [5, 5.41) is 3.61. The quantitative estimate of drug-likeness (QED) is 0.781. The molecule has 2 aliphatic rings. The molecule has 156 valence electrons. The molecule has 6 nitrogen and oxygen atoms in total. The summed E-state index contributed by atoms with van der Waals surface area (Å²) >= 11 is 0. The van der Waals surface area contributed by atoms with Crippen LogP contribution in [0, 0.1) is 5.41 Å². The van der Waals surface area contributed by atoms with Crippen LogP contribution in [-0.4, -0.2) is 58.9 Å². The van der Waals surface area contributed by atoms with Gasteiger partial charge in [-0.05, 0) is 25.5 Å². The average molecular weight is 408 g/mol. The third-order valence-corrected chi connectivity index (χ3v) is 5.92. The van der Waals surface area contributed by atoms with Gasteiger partial charge in [0.05, 0.1) is 18.9 Å². The Bertz CT molecular complexity index is 898. The molecule has 9 heteroatoms. The van der Waals surface area contributed by atoms with Gasteiger partial charge in [-0.25, -0.2) is 4.79 Å². The number of nitrogens with zero attached hydrogens (tertiary/aromatic N) is 4. The number of methoxy groups -OCH3 is 1. The van der Waals surface area contributed by atoms with E-state index in [0.717, 1.165) is 54.7 Å². The van der Waals surface area contributed by atoms with Gasteiger partial charge in [-0.1, -0.05) is 18.2 Å². The van der Waals surface area contributed by atoms with E-state index < -0.39 is 17.8 Å². The van der Waals surface area contributed by atoms with Crippen molar-refractivity contribution in [2.45, 2.75) is 25.6 Å². The molecule has 1 atom stereocenters. The highest BCUT2D eigenvalue weighted by Crippen LogP contribution is 2.40. The zero-order chi connectivity index (χ0) is 20.6. The van der Waals surface area contributed by atoms with E-state index in [4.69, 9.17) is 4.74 Å². The second-order valence-electron chi connectivity index (χ2n) is 7.90. The minimum atomic E-state index is -4.50. The summed E-state index contributed by atoms with van der Waals surface area (Å²) in [5.41, 5.74) is 0.190. The predicted molar refractivity (Wildman–Crippen MR) is 99.5 cm³/mol. The minimum Gasteiger partial charge on any atom is -0.496 e. The molecule has 2 aliphatic heterocycles. The highest BCUT2D eigenvalue weighted by molar-refractivity contribution is 5.76. The van der Waals surface area contributed by atoms with Crippen molar-refractivity contribution < 1.29 is 22.7 Å². The number of ether oxygens (including phenoxy) is 1. The number of carbonyl (C=O) groups is 1. The van der Waals surface area contributed by atoms with E-state index in [9.17, 15) is 18.0 Å². The Hall–Kier alpha value is -2.55. The number of hydrogen-bond donors (Lipinski definition) is 0. The number of carbonyl (C=O) groups excluding carboxylic acids is 1. The van der Waals surface area contributed by atoms with Crippen molar-refractivity contribution in [1.82, 2.24) is 19.6 Å². The summed E-state index contributed by atoms with van der Waals surface area (Å²) < 4.78 is 44.5. The van der Waals surface area contributed by atoms with Gasteiger partial charge < -0.3 is 9.64 Å². The first-order valence-corrected chi connectivity index (χ1v) is 9.55. The fourth-order valence-corrected chi connectivity index (χ4v) is 4.39. The van der Waals surface area contributed by atoms with Gasteiger partial charge in [-0.2, -0.15) is 23.0 Å². The van der Waals surface area contributed by atoms with Gasteiger partial charge >= 0.3 is 12.2 Å². The van der Waals surface area contributed by atoms with Crippen LogP contribution in [0.5, 0.6) is 5.75 Å². The highest BCUT2D eigenvalue weighted by atomic mass is 19.4. The Morgan fingerprint density at radius 2 is 1.97 bits per heavy atom. The molecular weight excluding hydrogens is 385 g/mol. The lowest BCUT2D eigenvalue weighted by molar-refractivity contribution is -0.137. The first kappa shape index (κ1) is 19.8. The Balaban J connectivity index is 1.39. The molecule has 0 N–H and O–H groups in total. The average Bonchev–Trinajstić information content (AvgIpc) is 3.42. The van der Waals surface area contributed by atoms with E-state index in [1.54, 1.807) is 12.0 Å². The van der Waals surface area contributed by atoms with Crippen molar-refractivity contribution in [2.75, 3.05) is 33.3 Å². The van der Waals surface area contributed by atoms with Crippen molar-refractivity contribution in [1.29, 1.82) is 0 Å². The van der Waals surface area contributed by atoms with Crippen molar-refractivity contribution >= 4 is 6.03 Å². The number of amides is 1. The maximum atomic E-state index is 12.8. The molecule has 0 aliphatic carbocycles. The molecular formula is C20H23F3N4O2. The molecule has 2 fully saturated rings. The van der Waals surface area contributed by atoms with Crippen LogP contribution in [0.25, 0.3) is 0 Å². The number of halogens is 3. The molecule has 1 aromatic carbocycles. The molecule has 29 heavy (non-hydrogen) atoms. The van der Waals surface area contributed by atoms with Crippen molar-refractivity contribution in [3.8, 4) is 5.75 Å².